The molecule has 0 aliphatic heterocycles. The van der Waals surface area contributed by atoms with E-state index < -0.39 is 17.4 Å². The van der Waals surface area contributed by atoms with E-state index >= 15 is 0 Å². The first-order valence-corrected chi connectivity index (χ1v) is 11.9. The van der Waals surface area contributed by atoms with Crippen molar-refractivity contribution in [2.75, 3.05) is 21.3 Å². The summed E-state index contributed by atoms with van der Waals surface area (Å²) in [5.41, 5.74) is 0.659. The molecule has 0 spiro atoms. The normalized spacial score (nSPS) is 13.2. The lowest BCUT2D eigenvalue weighted by Crippen LogP contribution is -2.46. The average Bonchev–Trinajstić information content (AvgIpc) is 2.85. The van der Waals surface area contributed by atoms with Gasteiger partial charge in [-0.15, -0.1) is 0 Å². The van der Waals surface area contributed by atoms with Crippen LogP contribution in [-0.4, -0.2) is 38.5 Å². The molecular formula is C26H34O5S. The van der Waals surface area contributed by atoms with Crippen molar-refractivity contribution in [2.24, 2.45) is 11.3 Å². The van der Waals surface area contributed by atoms with Gasteiger partial charge in [-0.05, 0) is 42.0 Å². The molecule has 2 aromatic rings. The van der Waals surface area contributed by atoms with Crippen molar-refractivity contribution in [1.29, 1.82) is 0 Å². The second-order valence-electron chi connectivity index (χ2n) is 8.01. The first-order chi connectivity index (χ1) is 15.4. The Morgan fingerprint density at radius 2 is 1.50 bits per heavy atom. The minimum atomic E-state index is -1.40. The summed E-state index contributed by atoms with van der Waals surface area (Å²) in [6.45, 7) is 4.29. The van der Waals surface area contributed by atoms with Crippen LogP contribution in [0.15, 0.2) is 54.6 Å². The maximum atomic E-state index is 13.1. The van der Waals surface area contributed by atoms with E-state index in [4.69, 9.17) is 14.2 Å². The minimum absolute atomic E-state index is 0.0593. The summed E-state index contributed by atoms with van der Waals surface area (Å²) < 4.78 is 15.5. The van der Waals surface area contributed by atoms with Crippen LogP contribution < -0.4 is 4.74 Å². The van der Waals surface area contributed by atoms with Gasteiger partial charge < -0.3 is 14.2 Å². The molecule has 0 heterocycles. The molecule has 0 aliphatic rings. The van der Waals surface area contributed by atoms with Gasteiger partial charge in [0.15, 0.2) is 5.41 Å². The molecule has 32 heavy (non-hydrogen) atoms. The van der Waals surface area contributed by atoms with Crippen LogP contribution in [0.3, 0.4) is 0 Å². The highest BCUT2D eigenvalue weighted by molar-refractivity contribution is 7.99. The fourth-order valence-corrected chi connectivity index (χ4v) is 5.28. The number of benzene rings is 2. The van der Waals surface area contributed by atoms with Crippen LogP contribution in [0.1, 0.15) is 37.8 Å². The average molecular weight is 459 g/mol. The number of carbonyl (C=O) groups is 2. The van der Waals surface area contributed by atoms with Crippen LogP contribution in [0.2, 0.25) is 0 Å². The number of ether oxygens (including phenoxy) is 3. The molecule has 0 saturated carbocycles. The standard InChI is InChI=1S/C26H34O5S/c1-6-19(2)23(32-18-21-12-14-22(29-3)15-13-21)17-26(24(27)30-4,25(28)31-5)16-20-10-8-7-9-11-20/h7-15,19,23H,6,16-18H2,1-5H3/t19?,23-/m1/s1. The third-order valence-electron chi connectivity index (χ3n) is 5.95. The smallest absolute Gasteiger partial charge is 0.323 e. The van der Waals surface area contributed by atoms with Gasteiger partial charge in [0.2, 0.25) is 0 Å². The van der Waals surface area contributed by atoms with E-state index in [1.54, 1.807) is 18.9 Å². The molecule has 0 radical (unpaired) electrons. The van der Waals surface area contributed by atoms with E-state index in [2.05, 4.69) is 13.8 Å². The van der Waals surface area contributed by atoms with Gasteiger partial charge in [0.1, 0.15) is 5.75 Å². The number of carbonyl (C=O) groups excluding carboxylic acids is 2. The van der Waals surface area contributed by atoms with Gasteiger partial charge >= 0.3 is 11.9 Å². The molecule has 1 unspecified atom stereocenters. The number of thioether (sulfide) groups is 1. The van der Waals surface area contributed by atoms with Crippen molar-refractivity contribution in [1.82, 2.24) is 0 Å². The number of hydrogen-bond donors (Lipinski definition) is 0. The van der Waals surface area contributed by atoms with E-state index in [0.717, 1.165) is 29.1 Å². The third-order valence-corrected chi connectivity index (χ3v) is 7.51. The van der Waals surface area contributed by atoms with E-state index in [1.165, 1.54) is 14.2 Å². The first kappa shape index (κ1) is 25.8. The zero-order chi connectivity index (χ0) is 23.6. The molecule has 6 heteroatoms. The molecule has 2 aromatic carbocycles. The lowest BCUT2D eigenvalue weighted by molar-refractivity contribution is -0.170. The Morgan fingerprint density at radius 1 is 0.906 bits per heavy atom. The number of methoxy groups -OCH3 is 3. The van der Waals surface area contributed by atoms with E-state index in [9.17, 15) is 9.59 Å². The molecule has 0 N–H and O–H groups in total. The van der Waals surface area contributed by atoms with Crippen LogP contribution in [0.25, 0.3) is 0 Å². The van der Waals surface area contributed by atoms with Crippen LogP contribution in [0.4, 0.5) is 0 Å². The zero-order valence-electron chi connectivity index (χ0n) is 19.6. The highest BCUT2D eigenvalue weighted by Crippen LogP contribution is 2.40. The highest BCUT2D eigenvalue weighted by atomic mass is 32.2. The van der Waals surface area contributed by atoms with Crippen molar-refractivity contribution in [3.8, 4) is 5.75 Å². The summed E-state index contributed by atoms with van der Waals surface area (Å²) in [6, 6.07) is 17.5. The first-order valence-electron chi connectivity index (χ1n) is 10.9. The molecule has 0 bridgehead atoms. The van der Waals surface area contributed by atoms with E-state index in [-0.39, 0.29) is 11.7 Å². The van der Waals surface area contributed by atoms with Crippen molar-refractivity contribution < 1.29 is 23.8 Å². The Hall–Kier alpha value is -2.47. The Bertz CT molecular complexity index is 834. The summed E-state index contributed by atoms with van der Waals surface area (Å²) >= 11 is 1.76. The van der Waals surface area contributed by atoms with Crippen LogP contribution in [0.5, 0.6) is 5.75 Å². The molecular weight excluding hydrogens is 424 g/mol. The van der Waals surface area contributed by atoms with Crippen molar-refractivity contribution in [2.45, 2.75) is 44.1 Å². The Morgan fingerprint density at radius 3 is 2.00 bits per heavy atom. The molecule has 0 fully saturated rings. The summed E-state index contributed by atoms with van der Waals surface area (Å²) in [6.07, 6.45) is 1.52. The molecule has 0 aromatic heterocycles. The van der Waals surface area contributed by atoms with Crippen molar-refractivity contribution >= 4 is 23.7 Å². The SMILES string of the molecule is CCC(C)[C@@H](CC(Cc1ccccc1)(C(=O)OC)C(=O)OC)SCc1ccc(OC)cc1. The molecule has 5 nitrogen and oxygen atoms in total. The van der Waals surface area contributed by atoms with Gasteiger partial charge in [-0.1, -0.05) is 62.7 Å². The van der Waals surface area contributed by atoms with Gasteiger partial charge in [-0.3, -0.25) is 9.59 Å². The van der Waals surface area contributed by atoms with Gasteiger partial charge in [0.05, 0.1) is 21.3 Å². The topological polar surface area (TPSA) is 61.8 Å². The summed E-state index contributed by atoms with van der Waals surface area (Å²) in [5, 5.41) is 0.0593. The number of esters is 2. The van der Waals surface area contributed by atoms with E-state index in [0.29, 0.717) is 12.3 Å². The predicted molar refractivity (Wildman–Crippen MR) is 129 cm³/mol. The monoisotopic (exact) mass is 458 g/mol. The summed E-state index contributed by atoms with van der Waals surface area (Å²) in [4.78, 5) is 26.2. The fraction of sp³-hybridized carbons (Fsp3) is 0.462. The number of hydrogen-bond acceptors (Lipinski definition) is 6. The molecule has 0 aliphatic carbocycles. The van der Waals surface area contributed by atoms with Crippen molar-refractivity contribution in [3.05, 3.63) is 65.7 Å². The van der Waals surface area contributed by atoms with Gasteiger partial charge in [0.25, 0.3) is 0 Å². The molecule has 0 amide bonds. The summed E-state index contributed by atoms with van der Waals surface area (Å²) in [5.74, 6) is 0.777. The largest absolute Gasteiger partial charge is 0.497 e. The Kier molecular flexibility index (Phi) is 10.1. The maximum absolute atomic E-state index is 13.1. The summed E-state index contributed by atoms with van der Waals surface area (Å²) in [7, 11) is 4.30. The molecule has 2 atom stereocenters. The van der Waals surface area contributed by atoms with Crippen molar-refractivity contribution in [3.63, 3.8) is 0 Å². The lowest BCUT2D eigenvalue weighted by atomic mass is 9.75. The quantitative estimate of drug-likeness (QED) is 0.317. The second kappa shape index (κ2) is 12.5. The van der Waals surface area contributed by atoms with Crippen LogP contribution >= 0.6 is 11.8 Å². The molecule has 174 valence electrons. The maximum Gasteiger partial charge on any atom is 0.323 e. The van der Waals surface area contributed by atoms with Crippen LogP contribution in [-0.2, 0) is 31.2 Å². The number of rotatable bonds is 12. The minimum Gasteiger partial charge on any atom is -0.497 e. The Labute approximate surface area is 195 Å². The van der Waals surface area contributed by atoms with Gasteiger partial charge in [0, 0.05) is 11.0 Å². The second-order valence-corrected chi connectivity index (χ2v) is 9.24. The lowest BCUT2D eigenvalue weighted by Gasteiger charge is -2.34. The van der Waals surface area contributed by atoms with Crippen LogP contribution in [0, 0.1) is 11.3 Å². The zero-order valence-corrected chi connectivity index (χ0v) is 20.4. The van der Waals surface area contributed by atoms with E-state index in [1.807, 2.05) is 54.6 Å². The van der Waals surface area contributed by atoms with Gasteiger partial charge in [-0.2, -0.15) is 11.8 Å². The Balaban J connectivity index is 2.34. The third kappa shape index (κ3) is 6.52. The molecule has 2 rings (SSSR count). The molecule has 0 saturated heterocycles. The predicted octanol–water partition coefficient (Wildman–Crippen LogP) is 5.31. The highest BCUT2D eigenvalue weighted by Gasteiger charge is 2.50. The fourth-order valence-electron chi connectivity index (χ4n) is 3.76. The van der Waals surface area contributed by atoms with Gasteiger partial charge in [-0.25, -0.2) is 0 Å².